The number of methoxy groups -OCH3 is 2. The van der Waals surface area contributed by atoms with Crippen LogP contribution in [0.15, 0.2) is 66.9 Å². The van der Waals surface area contributed by atoms with Gasteiger partial charge in [-0.1, -0.05) is 18.2 Å². The summed E-state index contributed by atoms with van der Waals surface area (Å²) in [6.45, 7) is 0. The molecule has 0 aliphatic rings. The van der Waals surface area contributed by atoms with Gasteiger partial charge in [-0.05, 0) is 36.4 Å². The summed E-state index contributed by atoms with van der Waals surface area (Å²) in [6.07, 6.45) is 1.79. The zero-order chi connectivity index (χ0) is 17.9. The van der Waals surface area contributed by atoms with E-state index in [-0.39, 0.29) is 0 Å². The van der Waals surface area contributed by atoms with Crippen LogP contribution in [0.3, 0.4) is 0 Å². The lowest BCUT2D eigenvalue weighted by atomic mass is 10.1. The van der Waals surface area contributed by atoms with Gasteiger partial charge in [0.25, 0.3) is 0 Å². The number of hydrogen-bond acceptors (Lipinski definition) is 5. The predicted molar refractivity (Wildman–Crippen MR) is 101 cm³/mol. The number of para-hydroxylation sites is 1. The molecule has 4 rings (SSSR count). The van der Waals surface area contributed by atoms with Crippen LogP contribution >= 0.6 is 0 Å². The van der Waals surface area contributed by atoms with Gasteiger partial charge < -0.3 is 14.8 Å². The van der Waals surface area contributed by atoms with Gasteiger partial charge in [-0.15, -0.1) is 5.10 Å². The number of nitrogens with one attached hydrogen (secondary N) is 1. The summed E-state index contributed by atoms with van der Waals surface area (Å²) in [5.41, 5.74) is 3.67. The maximum atomic E-state index is 5.48. The van der Waals surface area contributed by atoms with Crippen molar-refractivity contribution < 1.29 is 9.47 Å². The Bertz CT molecular complexity index is 1060. The molecular weight excluding hydrogens is 328 g/mol. The summed E-state index contributed by atoms with van der Waals surface area (Å²) in [5.74, 6) is 2.07. The van der Waals surface area contributed by atoms with Gasteiger partial charge in [-0.3, -0.25) is 0 Å². The molecule has 2 heterocycles. The molecule has 0 saturated carbocycles. The minimum absolute atomic E-state index is 0.498. The van der Waals surface area contributed by atoms with Gasteiger partial charge in [0.1, 0.15) is 11.5 Å². The predicted octanol–water partition coefficient (Wildman–Crippen LogP) is 4.16. The summed E-state index contributed by atoms with van der Waals surface area (Å²) in [4.78, 5) is 4.39. The number of nitrogens with zero attached hydrogens (tertiary/aromatic N) is 3. The fourth-order valence-corrected chi connectivity index (χ4v) is 2.85. The number of fused-ring (bicyclic) bond motifs is 1. The fourth-order valence-electron chi connectivity index (χ4n) is 2.85. The Balaban J connectivity index is 1.75. The lowest BCUT2D eigenvalue weighted by molar-refractivity contribution is 0.415. The van der Waals surface area contributed by atoms with Crippen molar-refractivity contribution in [3.63, 3.8) is 0 Å². The summed E-state index contributed by atoms with van der Waals surface area (Å²) in [7, 11) is 3.31. The molecule has 0 spiro atoms. The molecular formula is C20H18N4O2. The first-order valence-electron chi connectivity index (χ1n) is 8.18. The molecule has 2 aromatic heterocycles. The highest BCUT2D eigenvalue weighted by atomic mass is 16.5. The second-order valence-corrected chi connectivity index (χ2v) is 5.69. The summed E-state index contributed by atoms with van der Waals surface area (Å²) < 4.78 is 12.6. The highest BCUT2D eigenvalue weighted by Crippen LogP contribution is 2.30. The fraction of sp³-hybridized carbons (Fsp3) is 0.100. The van der Waals surface area contributed by atoms with E-state index in [0.717, 1.165) is 34.0 Å². The molecule has 0 amide bonds. The molecule has 0 aliphatic heterocycles. The number of ether oxygens (including phenoxy) is 2. The van der Waals surface area contributed by atoms with Crippen LogP contribution in [0.1, 0.15) is 0 Å². The van der Waals surface area contributed by atoms with Gasteiger partial charge in [-0.2, -0.15) is 0 Å². The van der Waals surface area contributed by atoms with Crippen LogP contribution in [-0.4, -0.2) is 28.8 Å². The Morgan fingerprint density at radius 1 is 0.923 bits per heavy atom. The van der Waals surface area contributed by atoms with E-state index in [0.29, 0.717) is 5.95 Å². The summed E-state index contributed by atoms with van der Waals surface area (Å²) >= 11 is 0. The van der Waals surface area contributed by atoms with Crippen molar-refractivity contribution in [2.24, 2.45) is 0 Å². The smallest absolute Gasteiger partial charge is 0.245 e. The largest absolute Gasteiger partial charge is 0.497 e. The molecule has 0 fully saturated rings. The highest BCUT2D eigenvalue weighted by Gasteiger charge is 2.11. The third-order valence-corrected chi connectivity index (χ3v) is 4.11. The zero-order valence-corrected chi connectivity index (χ0v) is 14.5. The monoisotopic (exact) mass is 346 g/mol. The zero-order valence-electron chi connectivity index (χ0n) is 14.5. The maximum Gasteiger partial charge on any atom is 0.245 e. The van der Waals surface area contributed by atoms with Crippen LogP contribution in [0.5, 0.6) is 11.5 Å². The third kappa shape index (κ3) is 2.93. The number of rotatable bonds is 5. The molecule has 0 radical (unpaired) electrons. The lowest BCUT2D eigenvalue weighted by Crippen LogP contribution is -2.03. The molecule has 1 N–H and O–H groups in total. The molecule has 0 bridgehead atoms. The van der Waals surface area contributed by atoms with Crippen molar-refractivity contribution in [2.45, 2.75) is 0 Å². The topological polar surface area (TPSA) is 60.7 Å². The normalized spacial score (nSPS) is 10.7. The lowest BCUT2D eigenvalue weighted by Gasteiger charge is -2.10. The van der Waals surface area contributed by atoms with Crippen molar-refractivity contribution in [3.05, 3.63) is 66.9 Å². The second kappa shape index (κ2) is 6.76. The van der Waals surface area contributed by atoms with Crippen molar-refractivity contribution in [1.82, 2.24) is 14.6 Å². The standard InChI is InChI=1S/C20H18N4O2/c1-25-16-7-5-6-14(12-16)22-20-21-13-15-10-11-18(24(15)23-20)17-8-3-4-9-19(17)26-2/h3-13H,1-2H3,(H,22,23). The molecule has 0 aliphatic carbocycles. The van der Waals surface area contributed by atoms with Crippen LogP contribution in [-0.2, 0) is 0 Å². The molecule has 26 heavy (non-hydrogen) atoms. The van der Waals surface area contributed by atoms with E-state index in [2.05, 4.69) is 15.4 Å². The minimum Gasteiger partial charge on any atom is -0.497 e. The number of hydrogen-bond donors (Lipinski definition) is 1. The molecule has 2 aromatic carbocycles. The maximum absolute atomic E-state index is 5.48. The second-order valence-electron chi connectivity index (χ2n) is 5.69. The first-order chi connectivity index (χ1) is 12.8. The number of anilines is 2. The van der Waals surface area contributed by atoms with E-state index < -0.39 is 0 Å². The van der Waals surface area contributed by atoms with Gasteiger partial charge in [0, 0.05) is 17.3 Å². The average molecular weight is 346 g/mol. The molecule has 0 unspecified atom stereocenters. The highest BCUT2D eigenvalue weighted by molar-refractivity contribution is 5.72. The molecule has 130 valence electrons. The molecule has 4 aromatic rings. The Morgan fingerprint density at radius 3 is 2.65 bits per heavy atom. The minimum atomic E-state index is 0.498. The first-order valence-corrected chi connectivity index (χ1v) is 8.18. The number of benzene rings is 2. The van der Waals surface area contributed by atoms with Crippen LogP contribution in [0.25, 0.3) is 16.8 Å². The Morgan fingerprint density at radius 2 is 1.81 bits per heavy atom. The van der Waals surface area contributed by atoms with Crippen molar-refractivity contribution >= 4 is 17.2 Å². The molecule has 6 heteroatoms. The van der Waals surface area contributed by atoms with Gasteiger partial charge in [0.05, 0.1) is 31.6 Å². The van der Waals surface area contributed by atoms with Crippen LogP contribution in [0.4, 0.5) is 11.6 Å². The quantitative estimate of drug-likeness (QED) is 0.588. The Hall–Kier alpha value is -3.54. The number of aromatic nitrogens is 3. The molecule has 0 saturated heterocycles. The summed E-state index contributed by atoms with van der Waals surface area (Å²) in [6, 6.07) is 19.5. The van der Waals surface area contributed by atoms with Crippen molar-refractivity contribution in [2.75, 3.05) is 19.5 Å². The SMILES string of the molecule is COc1cccc(Nc2ncc3ccc(-c4ccccc4OC)n3n2)c1. The van der Waals surface area contributed by atoms with Gasteiger partial charge in [0.2, 0.25) is 5.95 Å². The van der Waals surface area contributed by atoms with E-state index in [1.165, 1.54) is 0 Å². The van der Waals surface area contributed by atoms with Gasteiger partial charge in [0.15, 0.2) is 0 Å². The van der Waals surface area contributed by atoms with Crippen molar-refractivity contribution in [1.29, 1.82) is 0 Å². The van der Waals surface area contributed by atoms with E-state index in [1.54, 1.807) is 20.4 Å². The average Bonchev–Trinajstić information content (AvgIpc) is 3.11. The van der Waals surface area contributed by atoms with Crippen LogP contribution in [0, 0.1) is 0 Å². The third-order valence-electron chi connectivity index (χ3n) is 4.11. The van der Waals surface area contributed by atoms with Crippen LogP contribution in [0.2, 0.25) is 0 Å². The Labute approximate surface area is 151 Å². The van der Waals surface area contributed by atoms with Gasteiger partial charge in [-0.25, -0.2) is 9.50 Å². The van der Waals surface area contributed by atoms with E-state index in [4.69, 9.17) is 9.47 Å². The summed E-state index contributed by atoms with van der Waals surface area (Å²) in [5, 5.41) is 7.85. The van der Waals surface area contributed by atoms with E-state index in [1.807, 2.05) is 65.2 Å². The molecule has 6 nitrogen and oxygen atoms in total. The van der Waals surface area contributed by atoms with Gasteiger partial charge >= 0.3 is 0 Å². The van der Waals surface area contributed by atoms with Crippen molar-refractivity contribution in [3.8, 4) is 22.8 Å². The molecule has 0 atom stereocenters. The van der Waals surface area contributed by atoms with E-state index in [9.17, 15) is 0 Å². The van der Waals surface area contributed by atoms with E-state index >= 15 is 0 Å². The first kappa shape index (κ1) is 16.0. The van der Waals surface area contributed by atoms with Crippen LogP contribution < -0.4 is 14.8 Å². The Kier molecular flexibility index (Phi) is 4.15.